The van der Waals surface area contributed by atoms with E-state index in [1.807, 2.05) is 11.1 Å². The number of aryl methyl sites for hydroxylation is 1. The summed E-state index contributed by atoms with van der Waals surface area (Å²) in [6, 6.07) is 10.4. The number of carbonyl (C=O) groups is 3. The van der Waals surface area contributed by atoms with E-state index in [-0.39, 0.29) is 36.6 Å². The maximum atomic E-state index is 13.2. The second-order valence-corrected chi connectivity index (χ2v) is 10.2. The lowest BCUT2D eigenvalue weighted by atomic mass is 10.0. The number of carbonyl (C=O) groups excluding carboxylic acids is 3. The minimum Gasteiger partial charge on any atom is -0.493 e. The van der Waals surface area contributed by atoms with Crippen LogP contribution in [0.25, 0.3) is 11.1 Å². The van der Waals surface area contributed by atoms with Gasteiger partial charge in [0.05, 0.1) is 36.7 Å². The fraction of sp³-hybridized carbons (Fsp3) is 0.333. The van der Waals surface area contributed by atoms with Crippen molar-refractivity contribution < 1.29 is 23.9 Å². The Kier molecular flexibility index (Phi) is 7.95. The second kappa shape index (κ2) is 11.7. The topological polar surface area (TPSA) is 154 Å². The number of methoxy groups -OCH3 is 1. The van der Waals surface area contributed by atoms with E-state index in [9.17, 15) is 14.4 Å². The van der Waals surface area contributed by atoms with Crippen LogP contribution in [0, 0.1) is 0 Å². The standard InChI is InChI=1S/C30H34N6O5/c1-35-17-23(27(28(35)29(32)38)18-8-10-19(31)11-9-18)34-26(37)7-5-13-41-25-15-22-21(14-24(25)40-2)30(39)36-12-4-3-6-20(36)16-33-22/h8-11,14-17,20H,3-7,12-13,31H2,1-2H3,(H2,32,38)(H,34,37). The molecule has 0 saturated carbocycles. The number of rotatable bonds is 9. The van der Waals surface area contributed by atoms with E-state index in [1.54, 1.807) is 54.2 Å². The Bertz CT molecular complexity index is 1510. The number of benzene rings is 2. The average Bonchev–Trinajstić information content (AvgIpc) is 3.22. The molecule has 1 aromatic heterocycles. The highest BCUT2D eigenvalue weighted by atomic mass is 16.5. The number of hydrogen-bond acceptors (Lipinski definition) is 7. The zero-order chi connectivity index (χ0) is 29.1. The molecule has 0 radical (unpaired) electrons. The first-order chi connectivity index (χ1) is 19.8. The monoisotopic (exact) mass is 558 g/mol. The van der Waals surface area contributed by atoms with Crippen molar-refractivity contribution in [3.05, 3.63) is 53.9 Å². The number of aliphatic imine (C=N–C) groups is 1. The highest BCUT2D eigenvalue weighted by Crippen LogP contribution is 2.38. The minimum atomic E-state index is -0.607. The quantitative estimate of drug-likeness (QED) is 0.267. The molecular weight excluding hydrogens is 524 g/mol. The zero-order valence-corrected chi connectivity index (χ0v) is 23.2. The van der Waals surface area contributed by atoms with Gasteiger partial charge in [0.25, 0.3) is 11.8 Å². The van der Waals surface area contributed by atoms with Crippen LogP contribution in [-0.4, -0.2) is 59.7 Å². The molecule has 11 nitrogen and oxygen atoms in total. The van der Waals surface area contributed by atoms with Gasteiger partial charge in [0, 0.05) is 49.7 Å². The number of ether oxygens (including phenoxy) is 2. The molecule has 1 atom stereocenters. The van der Waals surface area contributed by atoms with Crippen molar-refractivity contribution in [1.82, 2.24) is 9.47 Å². The number of nitrogens with one attached hydrogen (secondary N) is 1. The van der Waals surface area contributed by atoms with Crippen LogP contribution >= 0.6 is 0 Å². The maximum Gasteiger partial charge on any atom is 0.266 e. The molecule has 2 aliphatic heterocycles. The molecule has 0 bridgehead atoms. The molecule has 3 heterocycles. The smallest absolute Gasteiger partial charge is 0.266 e. The Hall–Kier alpha value is -4.80. The van der Waals surface area contributed by atoms with Crippen LogP contribution in [-0.2, 0) is 11.8 Å². The first-order valence-electron chi connectivity index (χ1n) is 13.6. The van der Waals surface area contributed by atoms with Gasteiger partial charge < -0.3 is 35.7 Å². The van der Waals surface area contributed by atoms with E-state index in [4.69, 9.17) is 20.9 Å². The van der Waals surface area contributed by atoms with Crippen molar-refractivity contribution in [3.63, 3.8) is 0 Å². The summed E-state index contributed by atoms with van der Waals surface area (Å²) >= 11 is 0. The van der Waals surface area contributed by atoms with Gasteiger partial charge in [-0.3, -0.25) is 19.4 Å². The number of anilines is 2. The predicted octanol–water partition coefficient (Wildman–Crippen LogP) is 3.89. The first kappa shape index (κ1) is 27.8. The van der Waals surface area contributed by atoms with Gasteiger partial charge >= 0.3 is 0 Å². The number of amides is 3. The molecular formula is C30H34N6O5. The molecule has 1 unspecified atom stereocenters. The summed E-state index contributed by atoms with van der Waals surface area (Å²) < 4.78 is 13.1. The molecule has 2 aromatic carbocycles. The molecule has 1 fully saturated rings. The number of hydrogen-bond donors (Lipinski definition) is 3. The normalized spacial score (nSPS) is 16.0. The van der Waals surface area contributed by atoms with Crippen molar-refractivity contribution >= 4 is 41.0 Å². The summed E-state index contributed by atoms with van der Waals surface area (Å²) in [5, 5.41) is 2.90. The lowest BCUT2D eigenvalue weighted by molar-refractivity contribution is -0.116. The van der Waals surface area contributed by atoms with Crippen LogP contribution in [0.5, 0.6) is 11.5 Å². The highest BCUT2D eigenvalue weighted by molar-refractivity contribution is 6.06. The van der Waals surface area contributed by atoms with Gasteiger partial charge in [0.15, 0.2) is 11.5 Å². The Labute approximate surface area is 238 Å². The summed E-state index contributed by atoms with van der Waals surface area (Å²) in [4.78, 5) is 44.7. The van der Waals surface area contributed by atoms with Crippen LogP contribution in [0.4, 0.5) is 17.1 Å². The third kappa shape index (κ3) is 5.74. The summed E-state index contributed by atoms with van der Waals surface area (Å²) in [6.45, 7) is 0.951. The first-order valence-corrected chi connectivity index (χ1v) is 13.6. The lowest BCUT2D eigenvalue weighted by Crippen LogP contribution is -2.43. The van der Waals surface area contributed by atoms with Crippen molar-refractivity contribution in [2.24, 2.45) is 17.8 Å². The summed E-state index contributed by atoms with van der Waals surface area (Å²) in [7, 11) is 3.22. The number of fused-ring (bicyclic) bond motifs is 2. The number of primary amides is 1. The van der Waals surface area contributed by atoms with E-state index in [0.717, 1.165) is 19.3 Å². The van der Waals surface area contributed by atoms with Gasteiger partial charge in [-0.25, -0.2) is 0 Å². The molecule has 214 valence electrons. The van der Waals surface area contributed by atoms with Crippen LogP contribution in [0.2, 0.25) is 0 Å². The third-order valence-electron chi connectivity index (χ3n) is 7.40. The average molecular weight is 559 g/mol. The molecule has 11 heteroatoms. The fourth-order valence-electron chi connectivity index (χ4n) is 5.37. The summed E-state index contributed by atoms with van der Waals surface area (Å²) in [6.07, 6.45) is 7.04. The van der Waals surface area contributed by atoms with E-state index in [0.29, 0.717) is 58.2 Å². The Morgan fingerprint density at radius 3 is 2.66 bits per heavy atom. The van der Waals surface area contributed by atoms with Crippen molar-refractivity contribution in [2.45, 2.75) is 38.1 Å². The number of aromatic nitrogens is 1. The molecule has 1 saturated heterocycles. The SMILES string of the molecule is COc1cc2c(cc1OCCCC(=O)Nc1cn(C)c(C(N)=O)c1-c1ccc(N)cc1)N=CC1CCCCN1C2=O. The summed E-state index contributed by atoms with van der Waals surface area (Å²) in [5.41, 5.74) is 15.1. The molecule has 0 spiro atoms. The highest BCUT2D eigenvalue weighted by Gasteiger charge is 2.31. The molecule has 5 rings (SSSR count). The number of nitrogens with two attached hydrogens (primary N) is 2. The minimum absolute atomic E-state index is 0.00160. The molecule has 2 aliphatic rings. The van der Waals surface area contributed by atoms with Gasteiger partial charge in [0.1, 0.15) is 5.69 Å². The number of piperidine rings is 1. The maximum absolute atomic E-state index is 13.2. The van der Waals surface area contributed by atoms with Crippen LogP contribution in [0.3, 0.4) is 0 Å². The van der Waals surface area contributed by atoms with Gasteiger partial charge in [-0.1, -0.05) is 12.1 Å². The van der Waals surface area contributed by atoms with Gasteiger partial charge in [-0.15, -0.1) is 0 Å². The molecule has 3 amide bonds. The van der Waals surface area contributed by atoms with Crippen molar-refractivity contribution in [1.29, 1.82) is 0 Å². The van der Waals surface area contributed by atoms with Crippen LogP contribution in [0.1, 0.15) is 53.0 Å². The molecule has 0 aliphatic carbocycles. The van der Waals surface area contributed by atoms with Gasteiger partial charge in [-0.05, 0) is 49.4 Å². The van der Waals surface area contributed by atoms with Gasteiger partial charge in [0.2, 0.25) is 5.91 Å². The van der Waals surface area contributed by atoms with E-state index in [1.165, 1.54) is 7.11 Å². The molecule has 5 N–H and O–H groups in total. The van der Waals surface area contributed by atoms with Gasteiger partial charge in [-0.2, -0.15) is 0 Å². The largest absolute Gasteiger partial charge is 0.493 e. The molecule has 41 heavy (non-hydrogen) atoms. The Balaban J connectivity index is 1.25. The van der Waals surface area contributed by atoms with E-state index >= 15 is 0 Å². The lowest BCUT2D eigenvalue weighted by Gasteiger charge is -2.32. The zero-order valence-electron chi connectivity index (χ0n) is 23.2. The number of nitrogen functional groups attached to an aromatic ring is 1. The predicted molar refractivity (Wildman–Crippen MR) is 157 cm³/mol. The van der Waals surface area contributed by atoms with Crippen molar-refractivity contribution in [3.8, 4) is 22.6 Å². The van der Waals surface area contributed by atoms with Crippen LogP contribution in [0.15, 0.2) is 47.6 Å². The second-order valence-electron chi connectivity index (χ2n) is 10.2. The van der Waals surface area contributed by atoms with E-state index in [2.05, 4.69) is 10.3 Å². The number of nitrogens with zero attached hydrogens (tertiary/aromatic N) is 3. The van der Waals surface area contributed by atoms with E-state index < -0.39 is 5.91 Å². The van der Waals surface area contributed by atoms with Crippen molar-refractivity contribution in [2.75, 3.05) is 31.3 Å². The molecule has 3 aromatic rings. The third-order valence-corrected chi connectivity index (χ3v) is 7.40. The van der Waals surface area contributed by atoms with Crippen LogP contribution < -0.4 is 26.3 Å². The fourth-order valence-corrected chi connectivity index (χ4v) is 5.37. The summed E-state index contributed by atoms with van der Waals surface area (Å²) in [5.74, 6) is -0.0140. The Morgan fingerprint density at radius 1 is 1.15 bits per heavy atom. The Morgan fingerprint density at radius 2 is 1.93 bits per heavy atom.